The first kappa shape index (κ1) is 14.4. The minimum Gasteiger partial charge on any atom is -0.351 e. The van der Waals surface area contributed by atoms with Gasteiger partial charge in [-0.25, -0.2) is 13.8 Å². The van der Waals surface area contributed by atoms with E-state index in [0.29, 0.717) is 13.1 Å². The largest absolute Gasteiger partial charge is 0.351 e. The molecule has 0 spiro atoms. The molecule has 2 heterocycles. The lowest BCUT2D eigenvalue weighted by Crippen LogP contribution is -2.60. The molecule has 1 aliphatic heterocycles. The number of hydrogen-bond donors (Lipinski definition) is 1. The van der Waals surface area contributed by atoms with Gasteiger partial charge < -0.3 is 10.2 Å². The number of aromatic nitrogens is 2. The Bertz CT molecular complexity index is 674. The summed E-state index contributed by atoms with van der Waals surface area (Å²) in [4.78, 5) is 22.0. The SMILES string of the molecule is O=C(Cc1ccc(F)cc1F)NC1CN(c2cnccn2)C1. The lowest BCUT2D eigenvalue weighted by molar-refractivity contribution is -0.121. The molecule has 114 valence electrons. The highest BCUT2D eigenvalue weighted by molar-refractivity contribution is 5.79. The summed E-state index contributed by atoms with van der Waals surface area (Å²) in [6.07, 6.45) is 4.76. The molecule has 0 aliphatic carbocycles. The molecule has 0 saturated carbocycles. The first-order valence-electron chi connectivity index (χ1n) is 6.86. The first-order valence-corrected chi connectivity index (χ1v) is 6.86. The summed E-state index contributed by atoms with van der Waals surface area (Å²) in [6.45, 7) is 1.27. The van der Waals surface area contributed by atoms with Crippen LogP contribution in [0.3, 0.4) is 0 Å². The van der Waals surface area contributed by atoms with Gasteiger partial charge in [0.1, 0.15) is 17.5 Å². The van der Waals surface area contributed by atoms with Crippen molar-refractivity contribution in [1.29, 1.82) is 0 Å². The second kappa shape index (κ2) is 6.05. The summed E-state index contributed by atoms with van der Waals surface area (Å²) in [5, 5.41) is 2.82. The fourth-order valence-electron chi connectivity index (χ4n) is 2.33. The lowest BCUT2D eigenvalue weighted by Gasteiger charge is -2.40. The molecule has 0 atom stereocenters. The van der Waals surface area contributed by atoms with E-state index in [4.69, 9.17) is 0 Å². The van der Waals surface area contributed by atoms with Crippen LogP contribution in [0, 0.1) is 11.6 Å². The number of amides is 1. The number of hydrogen-bond acceptors (Lipinski definition) is 4. The summed E-state index contributed by atoms with van der Waals surface area (Å²) in [6, 6.07) is 3.21. The second-order valence-corrected chi connectivity index (χ2v) is 5.15. The van der Waals surface area contributed by atoms with Crippen molar-refractivity contribution in [3.05, 3.63) is 54.0 Å². The number of carbonyl (C=O) groups excluding carboxylic acids is 1. The molecule has 22 heavy (non-hydrogen) atoms. The van der Waals surface area contributed by atoms with Gasteiger partial charge in [0.2, 0.25) is 5.91 Å². The van der Waals surface area contributed by atoms with E-state index in [1.807, 2.05) is 4.90 Å². The van der Waals surface area contributed by atoms with Crippen LogP contribution in [0.25, 0.3) is 0 Å². The predicted molar refractivity (Wildman–Crippen MR) is 76.2 cm³/mol. The second-order valence-electron chi connectivity index (χ2n) is 5.15. The first-order chi connectivity index (χ1) is 10.6. The van der Waals surface area contributed by atoms with Crippen LogP contribution < -0.4 is 10.2 Å². The Labute approximate surface area is 126 Å². The Morgan fingerprint density at radius 1 is 1.32 bits per heavy atom. The van der Waals surface area contributed by atoms with Crippen LogP contribution in [0.1, 0.15) is 5.56 Å². The predicted octanol–water partition coefficient (Wildman–Crippen LogP) is 1.30. The van der Waals surface area contributed by atoms with Crippen LogP contribution in [0.2, 0.25) is 0 Å². The van der Waals surface area contributed by atoms with Crippen molar-refractivity contribution < 1.29 is 13.6 Å². The number of benzene rings is 1. The standard InChI is InChI=1S/C15H14F2N4O/c16-11-2-1-10(13(17)6-11)5-15(22)20-12-8-21(9-12)14-7-18-3-4-19-14/h1-4,6-7,12H,5,8-9H2,(H,20,22). The number of anilines is 1. The number of carbonyl (C=O) groups is 1. The molecular formula is C15H14F2N4O. The topological polar surface area (TPSA) is 58.1 Å². The highest BCUT2D eigenvalue weighted by Gasteiger charge is 2.29. The van der Waals surface area contributed by atoms with Gasteiger partial charge in [0.15, 0.2) is 0 Å². The van der Waals surface area contributed by atoms with Gasteiger partial charge in [-0.1, -0.05) is 6.07 Å². The third-order valence-electron chi connectivity index (χ3n) is 3.49. The highest BCUT2D eigenvalue weighted by Crippen LogP contribution is 2.17. The molecule has 1 N–H and O–H groups in total. The quantitative estimate of drug-likeness (QED) is 0.925. The molecule has 1 saturated heterocycles. The van der Waals surface area contributed by atoms with Gasteiger partial charge in [-0.2, -0.15) is 0 Å². The third kappa shape index (κ3) is 3.19. The third-order valence-corrected chi connectivity index (χ3v) is 3.49. The Hall–Kier alpha value is -2.57. The van der Waals surface area contributed by atoms with E-state index < -0.39 is 11.6 Å². The molecule has 5 nitrogen and oxygen atoms in total. The Kier molecular flexibility index (Phi) is 3.95. The minimum atomic E-state index is -0.704. The van der Waals surface area contributed by atoms with E-state index in [1.54, 1.807) is 18.6 Å². The van der Waals surface area contributed by atoms with Crippen LogP contribution >= 0.6 is 0 Å². The maximum absolute atomic E-state index is 13.5. The van der Waals surface area contributed by atoms with Crippen molar-refractivity contribution in [2.24, 2.45) is 0 Å². The zero-order valence-electron chi connectivity index (χ0n) is 11.7. The summed E-state index contributed by atoms with van der Waals surface area (Å²) in [5.41, 5.74) is 0.184. The number of nitrogens with zero attached hydrogens (tertiary/aromatic N) is 3. The van der Waals surface area contributed by atoms with E-state index in [0.717, 1.165) is 18.0 Å². The van der Waals surface area contributed by atoms with Gasteiger partial charge in [-0.15, -0.1) is 0 Å². The fraction of sp³-hybridized carbons (Fsp3) is 0.267. The number of halogens is 2. The molecule has 7 heteroatoms. The normalized spacial score (nSPS) is 14.5. The fourth-order valence-corrected chi connectivity index (χ4v) is 2.33. The van der Waals surface area contributed by atoms with Gasteiger partial charge in [0.25, 0.3) is 0 Å². The van der Waals surface area contributed by atoms with Crippen LogP contribution in [-0.4, -0.2) is 35.0 Å². The van der Waals surface area contributed by atoms with Crippen LogP contribution in [-0.2, 0) is 11.2 Å². The molecule has 1 fully saturated rings. The highest BCUT2D eigenvalue weighted by atomic mass is 19.1. The average Bonchev–Trinajstić information content (AvgIpc) is 2.46. The van der Waals surface area contributed by atoms with Crippen molar-refractivity contribution in [3.8, 4) is 0 Å². The molecule has 0 unspecified atom stereocenters. The molecule has 3 rings (SSSR count). The van der Waals surface area contributed by atoms with Gasteiger partial charge in [0.05, 0.1) is 18.7 Å². The van der Waals surface area contributed by atoms with Crippen LogP contribution in [0.15, 0.2) is 36.8 Å². The van der Waals surface area contributed by atoms with Gasteiger partial charge in [0, 0.05) is 31.5 Å². The van der Waals surface area contributed by atoms with Crippen molar-refractivity contribution >= 4 is 11.7 Å². The van der Waals surface area contributed by atoms with E-state index in [-0.39, 0.29) is 23.9 Å². The Balaban J connectivity index is 1.50. The van der Waals surface area contributed by atoms with Crippen molar-refractivity contribution in [2.75, 3.05) is 18.0 Å². The molecule has 1 aliphatic rings. The van der Waals surface area contributed by atoms with E-state index in [1.165, 1.54) is 6.07 Å². The smallest absolute Gasteiger partial charge is 0.224 e. The molecule has 0 radical (unpaired) electrons. The summed E-state index contributed by atoms with van der Waals surface area (Å²) < 4.78 is 26.3. The molecule has 2 aromatic rings. The Morgan fingerprint density at radius 3 is 2.82 bits per heavy atom. The summed E-state index contributed by atoms with van der Waals surface area (Å²) in [7, 11) is 0. The lowest BCUT2D eigenvalue weighted by atomic mass is 10.1. The maximum atomic E-state index is 13.5. The van der Waals surface area contributed by atoms with Crippen molar-refractivity contribution in [3.63, 3.8) is 0 Å². The molecular weight excluding hydrogens is 290 g/mol. The van der Waals surface area contributed by atoms with E-state index in [9.17, 15) is 13.6 Å². The molecule has 0 bridgehead atoms. The average molecular weight is 304 g/mol. The Morgan fingerprint density at radius 2 is 2.14 bits per heavy atom. The van der Waals surface area contributed by atoms with Crippen molar-refractivity contribution in [1.82, 2.24) is 15.3 Å². The monoisotopic (exact) mass is 304 g/mol. The molecule has 1 amide bonds. The van der Waals surface area contributed by atoms with Gasteiger partial charge in [-0.3, -0.25) is 9.78 Å². The summed E-state index contributed by atoms with van der Waals surface area (Å²) >= 11 is 0. The maximum Gasteiger partial charge on any atom is 0.224 e. The minimum absolute atomic E-state index is 0.00184. The zero-order chi connectivity index (χ0) is 15.5. The van der Waals surface area contributed by atoms with E-state index in [2.05, 4.69) is 15.3 Å². The zero-order valence-corrected chi connectivity index (χ0v) is 11.7. The van der Waals surface area contributed by atoms with E-state index >= 15 is 0 Å². The number of rotatable bonds is 4. The van der Waals surface area contributed by atoms with Gasteiger partial charge in [-0.05, 0) is 11.6 Å². The molecule has 1 aromatic heterocycles. The van der Waals surface area contributed by atoms with Crippen LogP contribution in [0.4, 0.5) is 14.6 Å². The van der Waals surface area contributed by atoms with Crippen molar-refractivity contribution in [2.45, 2.75) is 12.5 Å². The summed E-state index contributed by atoms with van der Waals surface area (Å²) in [5.74, 6) is -0.878. The molecule has 1 aromatic carbocycles. The van der Waals surface area contributed by atoms with Gasteiger partial charge >= 0.3 is 0 Å². The van der Waals surface area contributed by atoms with Crippen LogP contribution in [0.5, 0.6) is 0 Å². The number of nitrogens with one attached hydrogen (secondary N) is 1.